The van der Waals surface area contributed by atoms with Gasteiger partial charge in [-0.15, -0.1) is 5.10 Å². The van der Waals surface area contributed by atoms with Crippen LogP contribution in [0.5, 0.6) is 11.5 Å². The van der Waals surface area contributed by atoms with Crippen LogP contribution >= 0.6 is 11.8 Å². The van der Waals surface area contributed by atoms with Crippen molar-refractivity contribution in [1.82, 2.24) is 10.3 Å². The predicted octanol–water partition coefficient (Wildman–Crippen LogP) is 5.12. The van der Waals surface area contributed by atoms with Gasteiger partial charge < -0.3 is 9.47 Å². The topological polar surface area (TPSA) is 75.5 Å². The fourth-order valence-electron chi connectivity index (χ4n) is 4.62. The van der Waals surface area contributed by atoms with Crippen LogP contribution in [0, 0.1) is 0 Å². The van der Waals surface area contributed by atoms with E-state index in [-0.39, 0.29) is 5.91 Å². The number of hydrogen-bond donors (Lipinski definition) is 1. The molecule has 0 saturated carbocycles. The number of fused-ring (bicyclic) bond motifs is 2. The van der Waals surface area contributed by atoms with E-state index >= 15 is 0 Å². The Hall–Kier alpha value is -3.78. The number of hydrogen-bond acceptors (Lipinski definition) is 7. The maximum Gasteiger partial charge on any atom is 0.276 e. The van der Waals surface area contributed by atoms with Crippen molar-refractivity contribution in [3.63, 3.8) is 0 Å². The first-order valence-corrected chi connectivity index (χ1v) is 14.6. The number of thioether (sulfide) groups is 1. The number of carbonyl (C=O) groups is 1. The maximum atomic E-state index is 13.4. The van der Waals surface area contributed by atoms with Crippen LogP contribution in [-0.2, 0) is 11.4 Å². The van der Waals surface area contributed by atoms with E-state index in [9.17, 15) is 4.79 Å². The summed E-state index contributed by atoms with van der Waals surface area (Å²) in [5.74, 6) is 2.04. The van der Waals surface area contributed by atoms with Crippen LogP contribution < -0.4 is 25.4 Å². The van der Waals surface area contributed by atoms with Gasteiger partial charge in [0.1, 0.15) is 12.3 Å². The number of amidine groups is 1. The highest BCUT2D eigenvalue weighted by atomic mass is 32.2. The molecule has 3 aromatic carbocycles. The Morgan fingerprint density at radius 1 is 0.923 bits per heavy atom. The van der Waals surface area contributed by atoms with Gasteiger partial charge in [-0.05, 0) is 37.1 Å². The second kappa shape index (κ2) is 12.8. The zero-order valence-corrected chi connectivity index (χ0v) is 23.2. The first kappa shape index (κ1) is 26.8. The minimum atomic E-state index is -0.515. The molecule has 0 radical (unpaired) electrons. The molecule has 7 nitrogen and oxygen atoms in total. The van der Waals surface area contributed by atoms with Gasteiger partial charge in [0.2, 0.25) is 0 Å². The van der Waals surface area contributed by atoms with Gasteiger partial charge in [-0.3, -0.25) is 15.1 Å². The molecule has 2 heterocycles. The fourth-order valence-corrected chi connectivity index (χ4v) is 5.47. The number of nitrogens with zero attached hydrogens (tertiary/aromatic N) is 3. The minimum Gasteiger partial charge on any atom is -0.490 e. The van der Waals surface area contributed by atoms with Gasteiger partial charge in [-0.1, -0.05) is 92.5 Å². The van der Waals surface area contributed by atoms with Crippen molar-refractivity contribution in [1.29, 1.82) is 0 Å². The lowest BCUT2D eigenvalue weighted by Gasteiger charge is -2.34. The lowest BCUT2D eigenvalue weighted by atomic mass is 10.1. The number of hydrazone groups is 1. The summed E-state index contributed by atoms with van der Waals surface area (Å²) in [5, 5.41) is 11.8. The van der Waals surface area contributed by atoms with Crippen molar-refractivity contribution in [2.45, 2.75) is 52.3 Å². The van der Waals surface area contributed by atoms with Gasteiger partial charge in [0.15, 0.2) is 22.8 Å². The zero-order chi connectivity index (χ0) is 27.0. The number of unbranched alkanes of at least 4 members (excludes halogenated alkanes) is 3. The van der Waals surface area contributed by atoms with E-state index in [1.165, 1.54) is 19.3 Å². The smallest absolute Gasteiger partial charge is 0.276 e. The molecule has 1 atom stereocenters. The molecular formula is C31H34N4O3S. The molecule has 0 aliphatic carbocycles. The molecule has 8 heteroatoms. The molecule has 2 aliphatic rings. The number of amides is 1. The summed E-state index contributed by atoms with van der Waals surface area (Å²) >= 11 is 1.58. The third kappa shape index (κ3) is 6.28. The van der Waals surface area contributed by atoms with Crippen LogP contribution in [0.1, 0.15) is 56.8 Å². The van der Waals surface area contributed by atoms with Gasteiger partial charge in [-0.2, -0.15) is 0 Å². The van der Waals surface area contributed by atoms with Gasteiger partial charge in [-0.25, -0.2) is 5.01 Å². The van der Waals surface area contributed by atoms with Crippen LogP contribution in [0.25, 0.3) is 5.70 Å². The number of nitrogens with one attached hydrogen (secondary N) is 1. The largest absolute Gasteiger partial charge is 0.490 e. The number of carbonyl (C=O) groups excluding carboxylic acids is 1. The average molecular weight is 543 g/mol. The second-order valence-electron chi connectivity index (χ2n) is 9.39. The molecule has 0 spiro atoms. The number of para-hydroxylation sites is 1. The Morgan fingerprint density at radius 2 is 1.74 bits per heavy atom. The van der Waals surface area contributed by atoms with Crippen molar-refractivity contribution < 1.29 is 14.3 Å². The highest BCUT2D eigenvalue weighted by Gasteiger charge is 2.34. The summed E-state index contributed by atoms with van der Waals surface area (Å²) in [6, 6.07) is 23.6. The molecule has 0 aromatic heterocycles. The first-order chi connectivity index (χ1) is 19.2. The average Bonchev–Trinajstić information content (AvgIpc) is 2.96. The van der Waals surface area contributed by atoms with Crippen LogP contribution in [0.4, 0.5) is 0 Å². The standard InChI is InChI=1S/C31H34N4O3S/c1-3-5-6-12-19-39-31-33-30(36)28-24-15-10-11-16-25(24)32-29(35(28)34-31)23-17-18-26(27(20-23)37-4-2)38-21-22-13-8-7-9-14-22/h7-11,13-18,20,29H,3-6,12,19,21H2,1-2H3,(H,33,34,36)/t29-/m0/s1. The summed E-state index contributed by atoms with van der Waals surface area (Å²) in [4.78, 5) is 18.4. The summed E-state index contributed by atoms with van der Waals surface area (Å²) in [6.07, 6.45) is 4.16. The van der Waals surface area contributed by atoms with Gasteiger partial charge in [0.05, 0.1) is 12.0 Å². The molecule has 39 heavy (non-hydrogen) atoms. The summed E-state index contributed by atoms with van der Waals surface area (Å²) < 4.78 is 12.1. The van der Waals surface area contributed by atoms with Gasteiger partial charge >= 0.3 is 0 Å². The van der Waals surface area contributed by atoms with Crippen molar-refractivity contribution in [2.75, 3.05) is 12.4 Å². The van der Waals surface area contributed by atoms with E-state index in [4.69, 9.17) is 19.6 Å². The van der Waals surface area contributed by atoms with Gasteiger partial charge in [0, 0.05) is 16.5 Å². The number of ether oxygens (including phenoxy) is 2. The molecule has 0 fully saturated rings. The van der Waals surface area contributed by atoms with Crippen LogP contribution in [0.3, 0.4) is 0 Å². The lowest BCUT2D eigenvalue weighted by Crippen LogP contribution is -2.50. The molecule has 5 rings (SSSR count). The normalized spacial score (nSPS) is 16.0. The van der Waals surface area contributed by atoms with Crippen molar-refractivity contribution in [3.05, 3.63) is 94.5 Å². The van der Waals surface area contributed by atoms with E-state index in [1.807, 2.05) is 79.7 Å². The van der Waals surface area contributed by atoms with E-state index in [1.54, 1.807) is 16.8 Å². The van der Waals surface area contributed by atoms with Crippen molar-refractivity contribution in [2.24, 2.45) is 10.1 Å². The molecule has 1 amide bonds. The van der Waals surface area contributed by atoms with Crippen LogP contribution in [0.15, 0.2) is 82.9 Å². The van der Waals surface area contributed by atoms with Gasteiger partial charge in [0.25, 0.3) is 5.91 Å². The maximum absolute atomic E-state index is 13.4. The monoisotopic (exact) mass is 542 g/mol. The molecule has 0 unspecified atom stereocenters. The first-order valence-electron chi connectivity index (χ1n) is 13.6. The molecular weight excluding hydrogens is 508 g/mol. The summed E-state index contributed by atoms with van der Waals surface area (Å²) in [6.45, 7) is 5.09. The molecule has 3 aromatic rings. The molecule has 1 N–H and O–H groups in total. The Bertz CT molecular complexity index is 1460. The van der Waals surface area contributed by atoms with Crippen LogP contribution in [-0.4, -0.2) is 28.4 Å². The minimum absolute atomic E-state index is 0.166. The Morgan fingerprint density at radius 3 is 2.56 bits per heavy atom. The van der Waals surface area contributed by atoms with E-state index in [0.717, 1.165) is 33.9 Å². The highest BCUT2D eigenvalue weighted by Crippen LogP contribution is 2.36. The fraction of sp³-hybridized carbons (Fsp3) is 0.323. The quantitative estimate of drug-likeness (QED) is 0.341. The third-order valence-electron chi connectivity index (χ3n) is 6.55. The molecule has 0 bridgehead atoms. The Balaban J connectivity index is 1.47. The SMILES string of the molecule is CCCCCCSC1=NN2C(=c3ccccc3=N[C@@H]2c2ccc(OCc3ccccc3)c(OCC)c2)C(=O)N1. The predicted molar refractivity (Wildman–Crippen MR) is 156 cm³/mol. The Labute approximate surface area is 233 Å². The van der Waals surface area contributed by atoms with E-state index in [2.05, 4.69) is 12.2 Å². The number of rotatable bonds is 11. The Kier molecular flexibility index (Phi) is 8.83. The molecule has 202 valence electrons. The lowest BCUT2D eigenvalue weighted by molar-refractivity contribution is -0.116. The van der Waals surface area contributed by atoms with Crippen molar-refractivity contribution in [3.8, 4) is 11.5 Å². The highest BCUT2D eigenvalue weighted by molar-refractivity contribution is 8.13. The van der Waals surface area contributed by atoms with Crippen LogP contribution in [0.2, 0.25) is 0 Å². The van der Waals surface area contributed by atoms with Crippen molar-refractivity contribution >= 4 is 28.5 Å². The second-order valence-corrected chi connectivity index (χ2v) is 10.5. The molecule has 2 aliphatic heterocycles. The summed E-state index contributed by atoms with van der Waals surface area (Å²) in [5.41, 5.74) is 2.45. The third-order valence-corrected chi connectivity index (χ3v) is 7.50. The summed E-state index contributed by atoms with van der Waals surface area (Å²) in [7, 11) is 0. The zero-order valence-electron chi connectivity index (χ0n) is 22.4. The van der Waals surface area contributed by atoms with E-state index in [0.29, 0.717) is 35.6 Å². The number of benzene rings is 3. The van der Waals surface area contributed by atoms with E-state index < -0.39 is 6.17 Å². The molecule has 0 saturated heterocycles.